The predicted molar refractivity (Wildman–Crippen MR) is 90.4 cm³/mol. The van der Waals surface area contributed by atoms with E-state index in [1.54, 1.807) is 24.1 Å². The molecule has 2 N–H and O–H groups in total. The van der Waals surface area contributed by atoms with E-state index in [1.165, 1.54) is 0 Å². The van der Waals surface area contributed by atoms with Gasteiger partial charge in [0.1, 0.15) is 5.75 Å². The van der Waals surface area contributed by atoms with Crippen molar-refractivity contribution in [3.05, 3.63) is 42.2 Å². The molecular weight excluding hydrogens is 306 g/mol. The molecular formula is C18H23N3O3. The topological polar surface area (TPSA) is 76.4 Å². The van der Waals surface area contributed by atoms with Gasteiger partial charge in [-0.3, -0.25) is 4.79 Å². The highest BCUT2D eigenvalue weighted by molar-refractivity contribution is 5.92. The predicted octanol–water partition coefficient (Wildman–Crippen LogP) is 2.16. The van der Waals surface area contributed by atoms with Crippen molar-refractivity contribution in [1.29, 1.82) is 0 Å². The lowest BCUT2D eigenvalue weighted by Crippen LogP contribution is -2.44. The third-order valence-corrected chi connectivity index (χ3v) is 4.91. The highest BCUT2D eigenvalue weighted by Crippen LogP contribution is 2.37. The molecule has 0 aliphatic heterocycles. The average molecular weight is 329 g/mol. The first-order chi connectivity index (χ1) is 11.6. The van der Waals surface area contributed by atoms with Crippen molar-refractivity contribution in [2.24, 2.45) is 5.41 Å². The molecule has 1 aliphatic rings. The Balaban J connectivity index is 1.71. The molecule has 1 aromatic carbocycles. The number of rotatable bonds is 5. The molecule has 1 fully saturated rings. The van der Waals surface area contributed by atoms with Gasteiger partial charge in [-0.25, -0.2) is 4.68 Å². The average Bonchev–Trinajstić information content (AvgIpc) is 3.23. The maximum atomic E-state index is 12.5. The smallest absolute Gasteiger partial charge is 0.272 e. The molecule has 1 aromatic heterocycles. The standard InChI is InChI=1S/C18H23N3O3/c1-18(12-22)10-3-4-16(18)19-17(23)15-9-11-21(20-15)13-5-7-14(24-2)8-6-13/h5-9,11,16,22H,3-4,10,12H2,1-2H3,(H,19,23). The van der Waals surface area contributed by atoms with Gasteiger partial charge in [-0.1, -0.05) is 13.3 Å². The molecule has 0 saturated heterocycles. The number of carbonyl (C=O) groups is 1. The third-order valence-electron chi connectivity index (χ3n) is 4.91. The molecule has 1 saturated carbocycles. The number of carbonyl (C=O) groups excluding carboxylic acids is 1. The minimum Gasteiger partial charge on any atom is -0.497 e. The number of benzene rings is 1. The molecule has 2 unspecified atom stereocenters. The van der Waals surface area contributed by atoms with Crippen molar-refractivity contribution >= 4 is 5.91 Å². The van der Waals surface area contributed by atoms with Crippen molar-refractivity contribution in [2.45, 2.75) is 32.2 Å². The van der Waals surface area contributed by atoms with E-state index in [9.17, 15) is 9.90 Å². The summed E-state index contributed by atoms with van der Waals surface area (Å²) in [4.78, 5) is 12.5. The van der Waals surface area contributed by atoms with E-state index in [4.69, 9.17) is 4.74 Å². The molecule has 0 spiro atoms. The second-order valence-electron chi connectivity index (χ2n) is 6.57. The van der Waals surface area contributed by atoms with Crippen LogP contribution >= 0.6 is 0 Å². The number of nitrogens with zero attached hydrogens (tertiary/aromatic N) is 2. The largest absolute Gasteiger partial charge is 0.497 e. The van der Waals surface area contributed by atoms with Gasteiger partial charge in [0.15, 0.2) is 5.69 Å². The van der Waals surface area contributed by atoms with Crippen LogP contribution in [-0.2, 0) is 0 Å². The van der Waals surface area contributed by atoms with E-state index in [0.29, 0.717) is 5.69 Å². The van der Waals surface area contributed by atoms with Gasteiger partial charge in [0.05, 0.1) is 19.4 Å². The molecule has 1 heterocycles. The van der Waals surface area contributed by atoms with Gasteiger partial charge < -0.3 is 15.2 Å². The van der Waals surface area contributed by atoms with Gasteiger partial charge in [0.25, 0.3) is 5.91 Å². The van der Waals surface area contributed by atoms with Gasteiger partial charge in [0.2, 0.25) is 0 Å². The van der Waals surface area contributed by atoms with E-state index in [0.717, 1.165) is 30.7 Å². The summed E-state index contributed by atoms with van der Waals surface area (Å²) in [6.07, 6.45) is 4.59. The Labute approximate surface area is 141 Å². The Kier molecular flexibility index (Phi) is 4.57. The summed E-state index contributed by atoms with van der Waals surface area (Å²) in [5.74, 6) is 0.572. The zero-order valence-electron chi connectivity index (χ0n) is 14.0. The van der Waals surface area contributed by atoms with Gasteiger partial charge in [-0.05, 0) is 43.2 Å². The van der Waals surface area contributed by atoms with Crippen LogP contribution in [0.3, 0.4) is 0 Å². The first-order valence-electron chi connectivity index (χ1n) is 8.17. The summed E-state index contributed by atoms with van der Waals surface area (Å²) >= 11 is 0. The van der Waals surface area contributed by atoms with E-state index in [2.05, 4.69) is 10.4 Å². The maximum Gasteiger partial charge on any atom is 0.272 e. The number of aromatic nitrogens is 2. The molecule has 2 aromatic rings. The molecule has 6 nitrogen and oxygen atoms in total. The number of hydrogen-bond donors (Lipinski definition) is 2. The Morgan fingerprint density at radius 3 is 2.83 bits per heavy atom. The van der Waals surface area contributed by atoms with Crippen LogP contribution in [-0.4, -0.2) is 40.6 Å². The quantitative estimate of drug-likeness (QED) is 0.881. The Hall–Kier alpha value is -2.34. The first kappa shape index (κ1) is 16.5. The SMILES string of the molecule is COc1ccc(-n2ccc(C(=O)NC3CCCC3(C)CO)n2)cc1. The van der Waals surface area contributed by atoms with Crippen molar-refractivity contribution < 1.29 is 14.6 Å². The molecule has 3 rings (SSSR count). The monoisotopic (exact) mass is 329 g/mol. The van der Waals surface area contributed by atoms with E-state index in [1.807, 2.05) is 31.2 Å². The minimum absolute atomic E-state index is 0.0128. The second-order valence-corrected chi connectivity index (χ2v) is 6.57. The fourth-order valence-electron chi connectivity index (χ4n) is 3.22. The number of amides is 1. The number of aliphatic hydroxyl groups excluding tert-OH is 1. The normalized spacial score (nSPS) is 23.2. The van der Waals surface area contributed by atoms with Crippen LogP contribution in [0.5, 0.6) is 5.75 Å². The molecule has 1 aliphatic carbocycles. The summed E-state index contributed by atoms with van der Waals surface area (Å²) < 4.78 is 6.80. The molecule has 6 heteroatoms. The molecule has 24 heavy (non-hydrogen) atoms. The Morgan fingerprint density at radius 1 is 1.42 bits per heavy atom. The summed E-state index contributed by atoms with van der Waals surface area (Å²) in [6, 6.07) is 9.15. The van der Waals surface area contributed by atoms with Crippen LogP contribution in [0.15, 0.2) is 36.5 Å². The van der Waals surface area contributed by atoms with Crippen LogP contribution in [0.2, 0.25) is 0 Å². The molecule has 128 valence electrons. The van der Waals surface area contributed by atoms with Crippen LogP contribution in [0, 0.1) is 5.41 Å². The summed E-state index contributed by atoms with van der Waals surface area (Å²) in [5, 5.41) is 17.0. The fraction of sp³-hybridized carbons (Fsp3) is 0.444. The van der Waals surface area contributed by atoms with Gasteiger partial charge >= 0.3 is 0 Å². The molecule has 0 bridgehead atoms. The van der Waals surface area contributed by atoms with E-state index >= 15 is 0 Å². The number of hydrogen-bond acceptors (Lipinski definition) is 4. The third kappa shape index (κ3) is 3.14. The summed E-state index contributed by atoms with van der Waals surface area (Å²) in [6.45, 7) is 2.10. The zero-order valence-corrected chi connectivity index (χ0v) is 14.0. The van der Waals surface area contributed by atoms with Gasteiger partial charge in [-0.2, -0.15) is 5.10 Å². The Morgan fingerprint density at radius 2 is 2.17 bits per heavy atom. The van der Waals surface area contributed by atoms with Crippen molar-refractivity contribution in [3.63, 3.8) is 0 Å². The highest BCUT2D eigenvalue weighted by Gasteiger charge is 2.39. The van der Waals surface area contributed by atoms with Crippen molar-refractivity contribution in [1.82, 2.24) is 15.1 Å². The zero-order chi connectivity index (χ0) is 17.2. The van der Waals surface area contributed by atoms with Gasteiger partial charge in [-0.15, -0.1) is 0 Å². The fourth-order valence-corrected chi connectivity index (χ4v) is 3.22. The summed E-state index contributed by atoms with van der Waals surface area (Å²) in [5.41, 5.74) is 0.989. The van der Waals surface area contributed by atoms with Gasteiger partial charge in [0, 0.05) is 17.7 Å². The van der Waals surface area contributed by atoms with Crippen LogP contribution in [0.4, 0.5) is 0 Å². The van der Waals surface area contributed by atoms with Crippen molar-refractivity contribution in [2.75, 3.05) is 13.7 Å². The Bertz CT molecular complexity index is 711. The van der Waals surface area contributed by atoms with E-state index < -0.39 is 0 Å². The lowest BCUT2D eigenvalue weighted by atomic mass is 9.86. The van der Waals surface area contributed by atoms with Crippen LogP contribution in [0.1, 0.15) is 36.7 Å². The second kappa shape index (κ2) is 6.65. The number of aliphatic hydroxyl groups is 1. The molecule has 2 atom stereocenters. The molecule has 0 radical (unpaired) electrons. The van der Waals surface area contributed by atoms with Crippen LogP contribution < -0.4 is 10.1 Å². The lowest BCUT2D eigenvalue weighted by molar-refractivity contribution is 0.0825. The number of nitrogens with one attached hydrogen (secondary N) is 1. The minimum atomic E-state index is -0.242. The number of ether oxygens (including phenoxy) is 1. The first-order valence-corrected chi connectivity index (χ1v) is 8.17. The highest BCUT2D eigenvalue weighted by atomic mass is 16.5. The van der Waals surface area contributed by atoms with Crippen LogP contribution in [0.25, 0.3) is 5.69 Å². The maximum absolute atomic E-state index is 12.5. The van der Waals surface area contributed by atoms with E-state index in [-0.39, 0.29) is 24.0 Å². The number of methoxy groups -OCH3 is 1. The van der Waals surface area contributed by atoms with Crippen molar-refractivity contribution in [3.8, 4) is 11.4 Å². The lowest BCUT2D eigenvalue weighted by Gasteiger charge is -2.29. The molecule has 1 amide bonds. The summed E-state index contributed by atoms with van der Waals surface area (Å²) in [7, 11) is 1.62.